The minimum absolute atomic E-state index is 0.0129. The summed E-state index contributed by atoms with van der Waals surface area (Å²) in [6, 6.07) is 3.47. The molecule has 2 aromatic rings. The van der Waals surface area contributed by atoms with Gasteiger partial charge in [-0.2, -0.15) is 5.10 Å². The molecule has 0 aliphatic carbocycles. The first kappa shape index (κ1) is 21.1. The Morgan fingerprint density at radius 1 is 1.15 bits per heavy atom. The van der Waals surface area contributed by atoms with Gasteiger partial charge in [0.25, 0.3) is 5.56 Å². The Morgan fingerprint density at radius 2 is 1.93 bits per heavy atom. The number of rotatable bonds is 9. The zero-order chi connectivity index (χ0) is 19.9. The number of alkyl halides is 1. The Hall–Kier alpha value is -2.19. The molecule has 0 saturated carbocycles. The summed E-state index contributed by atoms with van der Waals surface area (Å²) in [6.45, 7) is 5.88. The molecule has 0 saturated heterocycles. The predicted octanol–water partition coefficient (Wildman–Crippen LogP) is 2.99. The quantitative estimate of drug-likeness (QED) is 0.603. The van der Waals surface area contributed by atoms with E-state index in [0.717, 1.165) is 5.56 Å². The van der Waals surface area contributed by atoms with Crippen LogP contribution >= 0.6 is 11.6 Å². The van der Waals surface area contributed by atoms with Gasteiger partial charge in [0, 0.05) is 17.8 Å². The molecule has 9 heteroatoms. The number of aromatic nitrogens is 3. The van der Waals surface area contributed by atoms with Gasteiger partial charge in [-0.15, -0.1) is 0 Å². The van der Waals surface area contributed by atoms with Crippen LogP contribution in [0.15, 0.2) is 29.3 Å². The Kier molecular flexibility index (Phi) is 7.55. The fraction of sp³-hybridized carbons (Fsp3) is 0.500. The summed E-state index contributed by atoms with van der Waals surface area (Å²) in [5, 5.41) is 4.10. The van der Waals surface area contributed by atoms with E-state index in [2.05, 4.69) is 10.1 Å². The third-order valence-corrected chi connectivity index (χ3v) is 3.76. The number of halogens is 2. The van der Waals surface area contributed by atoms with Gasteiger partial charge in [0.05, 0.1) is 24.9 Å². The summed E-state index contributed by atoms with van der Waals surface area (Å²) >= 11 is 6.12. The van der Waals surface area contributed by atoms with Gasteiger partial charge in [-0.05, 0) is 26.8 Å². The normalized spacial score (nSPS) is 11.4. The molecule has 0 aliphatic rings. The summed E-state index contributed by atoms with van der Waals surface area (Å²) in [7, 11) is 0. The van der Waals surface area contributed by atoms with E-state index in [4.69, 9.17) is 25.8 Å². The molecule has 7 nitrogen and oxygen atoms in total. The van der Waals surface area contributed by atoms with Crippen molar-refractivity contribution in [2.24, 2.45) is 0 Å². The summed E-state index contributed by atoms with van der Waals surface area (Å²) in [5.41, 5.74) is -0.110. The standard InChI is InChI=1S/C18H23ClFN3O4/c1-18(2,3)23-17(24)16(19)14(11-22-23)27-12-13-4-5-15(21-10-13)26-9-8-25-7-6-20/h4-5,10-11H,6-9,12H2,1-3H3. The van der Waals surface area contributed by atoms with Gasteiger partial charge >= 0.3 is 0 Å². The maximum Gasteiger partial charge on any atom is 0.289 e. The lowest BCUT2D eigenvalue weighted by molar-refractivity contribution is 0.0883. The Morgan fingerprint density at radius 3 is 2.56 bits per heavy atom. The van der Waals surface area contributed by atoms with Gasteiger partial charge in [0.15, 0.2) is 10.8 Å². The molecular weight excluding hydrogens is 377 g/mol. The Labute approximate surface area is 162 Å². The fourth-order valence-corrected chi connectivity index (χ4v) is 2.28. The van der Waals surface area contributed by atoms with Gasteiger partial charge in [0.2, 0.25) is 5.88 Å². The van der Waals surface area contributed by atoms with Crippen molar-refractivity contribution in [3.8, 4) is 11.6 Å². The molecule has 0 radical (unpaired) electrons. The lowest BCUT2D eigenvalue weighted by Gasteiger charge is -2.21. The number of hydrogen-bond acceptors (Lipinski definition) is 6. The molecular formula is C18H23ClFN3O4. The molecule has 2 heterocycles. The minimum atomic E-state index is -0.516. The van der Waals surface area contributed by atoms with Crippen LogP contribution in [0.3, 0.4) is 0 Å². The number of nitrogens with zero attached hydrogens (tertiary/aromatic N) is 3. The number of pyridine rings is 1. The fourth-order valence-electron chi connectivity index (χ4n) is 2.10. The average molecular weight is 400 g/mol. The van der Waals surface area contributed by atoms with Crippen molar-refractivity contribution in [1.82, 2.24) is 14.8 Å². The summed E-state index contributed by atoms with van der Waals surface area (Å²) in [5.74, 6) is 0.641. The van der Waals surface area contributed by atoms with Crippen LogP contribution in [0, 0.1) is 0 Å². The molecule has 0 fully saturated rings. The van der Waals surface area contributed by atoms with Crippen LogP contribution in [0.4, 0.5) is 4.39 Å². The third-order valence-electron chi connectivity index (χ3n) is 3.41. The topological polar surface area (TPSA) is 75.5 Å². The average Bonchev–Trinajstić information content (AvgIpc) is 2.63. The summed E-state index contributed by atoms with van der Waals surface area (Å²) in [4.78, 5) is 16.4. The molecule has 0 spiro atoms. The predicted molar refractivity (Wildman–Crippen MR) is 99.4 cm³/mol. The van der Waals surface area contributed by atoms with Crippen molar-refractivity contribution in [2.75, 3.05) is 26.5 Å². The van der Waals surface area contributed by atoms with E-state index in [9.17, 15) is 9.18 Å². The highest BCUT2D eigenvalue weighted by Gasteiger charge is 2.20. The van der Waals surface area contributed by atoms with E-state index >= 15 is 0 Å². The van der Waals surface area contributed by atoms with Crippen molar-refractivity contribution in [3.63, 3.8) is 0 Å². The molecule has 0 amide bonds. The van der Waals surface area contributed by atoms with E-state index < -0.39 is 17.8 Å². The van der Waals surface area contributed by atoms with Crippen molar-refractivity contribution in [1.29, 1.82) is 0 Å². The number of hydrogen-bond donors (Lipinski definition) is 0. The summed E-state index contributed by atoms with van der Waals surface area (Å²) in [6.07, 6.45) is 3.02. The van der Waals surface area contributed by atoms with Crippen LogP contribution in [0.5, 0.6) is 11.6 Å². The monoisotopic (exact) mass is 399 g/mol. The van der Waals surface area contributed by atoms with E-state index in [1.807, 2.05) is 20.8 Å². The molecule has 0 aromatic carbocycles. The Balaban J connectivity index is 1.91. The van der Waals surface area contributed by atoms with E-state index in [1.54, 1.807) is 18.3 Å². The highest BCUT2D eigenvalue weighted by atomic mass is 35.5. The minimum Gasteiger partial charge on any atom is -0.485 e. The van der Waals surface area contributed by atoms with Gasteiger partial charge in [-0.1, -0.05) is 11.6 Å². The van der Waals surface area contributed by atoms with Gasteiger partial charge in [-0.3, -0.25) is 4.79 Å². The van der Waals surface area contributed by atoms with E-state index in [-0.39, 0.29) is 30.6 Å². The summed E-state index contributed by atoms with van der Waals surface area (Å²) < 4.78 is 29.1. The number of ether oxygens (including phenoxy) is 3. The van der Waals surface area contributed by atoms with E-state index in [0.29, 0.717) is 12.5 Å². The van der Waals surface area contributed by atoms with Gasteiger partial charge in [0.1, 0.15) is 19.9 Å². The lowest BCUT2D eigenvalue weighted by atomic mass is 10.1. The van der Waals surface area contributed by atoms with Crippen LogP contribution < -0.4 is 15.0 Å². The second-order valence-electron chi connectivity index (χ2n) is 6.65. The smallest absolute Gasteiger partial charge is 0.289 e. The molecule has 0 atom stereocenters. The zero-order valence-corrected chi connectivity index (χ0v) is 16.3. The first-order valence-electron chi connectivity index (χ1n) is 8.45. The van der Waals surface area contributed by atoms with Crippen LogP contribution in [-0.2, 0) is 16.9 Å². The molecule has 0 N–H and O–H groups in total. The molecule has 2 rings (SSSR count). The highest BCUT2D eigenvalue weighted by Crippen LogP contribution is 2.22. The molecule has 0 unspecified atom stereocenters. The van der Waals surface area contributed by atoms with Crippen molar-refractivity contribution in [3.05, 3.63) is 45.5 Å². The van der Waals surface area contributed by atoms with Crippen LogP contribution in [0.2, 0.25) is 5.02 Å². The van der Waals surface area contributed by atoms with Gasteiger partial charge < -0.3 is 14.2 Å². The second kappa shape index (κ2) is 9.66. The maximum absolute atomic E-state index is 12.3. The first-order chi connectivity index (χ1) is 12.8. The van der Waals surface area contributed by atoms with Crippen LogP contribution in [0.1, 0.15) is 26.3 Å². The SMILES string of the molecule is CC(C)(C)n1ncc(OCc2ccc(OCCOCCF)nc2)c(Cl)c1=O. The molecule has 2 aromatic heterocycles. The third kappa shape index (κ3) is 6.18. The lowest BCUT2D eigenvalue weighted by Crippen LogP contribution is -2.36. The largest absolute Gasteiger partial charge is 0.485 e. The van der Waals surface area contributed by atoms with E-state index in [1.165, 1.54) is 10.9 Å². The van der Waals surface area contributed by atoms with Crippen LogP contribution in [-0.4, -0.2) is 41.3 Å². The van der Waals surface area contributed by atoms with Crippen molar-refractivity contribution in [2.45, 2.75) is 32.9 Å². The Bertz CT molecular complexity index is 791. The molecule has 27 heavy (non-hydrogen) atoms. The zero-order valence-electron chi connectivity index (χ0n) is 15.6. The first-order valence-corrected chi connectivity index (χ1v) is 8.83. The molecule has 0 bridgehead atoms. The molecule has 0 aliphatic heterocycles. The van der Waals surface area contributed by atoms with Gasteiger partial charge in [-0.25, -0.2) is 14.1 Å². The van der Waals surface area contributed by atoms with Crippen LogP contribution in [0.25, 0.3) is 0 Å². The maximum atomic E-state index is 12.3. The second-order valence-corrected chi connectivity index (χ2v) is 7.03. The van der Waals surface area contributed by atoms with Crippen molar-refractivity contribution < 1.29 is 18.6 Å². The molecule has 148 valence electrons. The highest BCUT2D eigenvalue weighted by molar-refractivity contribution is 6.31. The van der Waals surface area contributed by atoms with Crippen molar-refractivity contribution >= 4 is 11.6 Å².